The summed E-state index contributed by atoms with van der Waals surface area (Å²) in [5.74, 6) is 0. The van der Waals surface area contributed by atoms with Crippen LogP contribution in [0.1, 0.15) is 31.1 Å². The van der Waals surface area contributed by atoms with E-state index in [2.05, 4.69) is 10.3 Å². The van der Waals surface area contributed by atoms with Crippen molar-refractivity contribution < 1.29 is 0 Å². The Balaban J connectivity index is 2.55. The molecule has 0 aliphatic carbocycles. The lowest BCUT2D eigenvalue weighted by molar-refractivity contribution is 0.536. The van der Waals surface area contributed by atoms with Crippen LogP contribution >= 0.6 is 0 Å². The van der Waals surface area contributed by atoms with Gasteiger partial charge in [0.05, 0.1) is 12.0 Å². The predicted molar refractivity (Wildman–Crippen MR) is 54.3 cm³/mol. The van der Waals surface area contributed by atoms with E-state index in [1.54, 1.807) is 10.9 Å². The van der Waals surface area contributed by atoms with Crippen molar-refractivity contribution in [2.75, 3.05) is 6.54 Å². The number of nitrogens with zero attached hydrogens (tertiary/aromatic N) is 2. The van der Waals surface area contributed by atoms with E-state index in [0.717, 1.165) is 30.8 Å². The topological polar surface area (TPSA) is 46.9 Å². The van der Waals surface area contributed by atoms with Gasteiger partial charge in [0.15, 0.2) is 0 Å². The minimum Gasteiger partial charge on any atom is -0.311 e. The van der Waals surface area contributed by atoms with Gasteiger partial charge in [0.1, 0.15) is 0 Å². The van der Waals surface area contributed by atoms with E-state index < -0.39 is 0 Å². The molecule has 1 aliphatic heterocycles. The Bertz CT molecular complexity index is 395. The van der Waals surface area contributed by atoms with Crippen molar-refractivity contribution in [1.29, 1.82) is 0 Å². The molecule has 76 valence electrons. The van der Waals surface area contributed by atoms with Crippen LogP contribution in [0.25, 0.3) is 0 Å². The number of fused-ring (bicyclic) bond motifs is 1. The lowest BCUT2D eigenvalue weighted by atomic mass is 10.1. The quantitative estimate of drug-likeness (QED) is 0.705. The summed E-state index contributed by atoms with van der Waals surface area (Å²) in [5.41, 5.74) is 1.93. The third-order valence-corrected chi connectivity index (χ3v) is 2.58. The van der Waals surface area contributed by atoms with Gasteiger partial charge in [-0.2, -0.15) is 0 Å². The molecule has 0 saturated carbocycles. The first kappa shape index (κ1) is 9.40. The van der Waals surface area contributed by atoms with E-state index in [0.29, 0.717) is 0 Å². The monoisotopic (exact) mass is 193 g/mol. The summed E-state index contributed by atoms with van der Waals surface area (Å²) in [5, 5.41) is 3.21. The molecule has 1 N–H and O–H groups in total. The molecule has 0 radical (unpaired) electrons. The normalized spacial score (nSPS) is 15.6. The van der Waals surface area contributed by atoms with E-state index in [4.69, 9.17) is 0 Å². The Hall–Kier alpha value is -1.16. The second-order valence-electron chi connectivity index (χ2n) is 3.90. The zero-order valence-electron chi connectivity index (χ0n) is 8.58. The van der Waals surface area contributed by atoms with Crippen molar-refractivity contribution in [3.8, 4) is 0 Å². The molecule has 2 rings (SSSR count). The van der Waals surface area contributed by atoms with E-state index in [-0.39, 0.29) is 11.6 Å². The molecule has 1 aromatic heterocycles. The zero-order valence-corrected chi connectivity index (χ0v) is 8.58. The highest BCUT2D eigenvalue weighted by Gasteiger charge is 2.15. The van der Waals surface area contributed by atoms with Gasteiger partial charge in [-0.05, 0) is 26.8 Å². The molecule has 0 spiro atoms. The van der Waals surface area contributed by atoms with Gasteiger partial charge < -0.3 is 5.32 Å². The molecule has 4 nitrogen and oxygen atoms in total. The summed E-state index contributed by atoms with van der Waals surface area (Å²) in [4.78, 5) is 16.3. The number of aromatic nitrogens is 2. The zero-order chi connectivity index (χ0) is 10.1. The smallest absolute Gasteiger partial charge is 0.257 e. The summed E-state index contributed by atoms with van der Waals surface area (Å²) >= 11 is 0. The molecule has 4 heteroatoms. The van der Waals surface area contributed by atoms with Crippen molar-refractivity contribution in [3.63, 3.8) is 0 Å². The van der Waals surface area contributed by atoms with Crippen molar-refractivity contribution in [3.05, 3.63) is 27.9 Å². The molecular weight excluding hydrogens is 178 g/mol. The summed E-state index contributed by atoms with van der Waals surface area (Å²) in [6, 6.07) is 0.190. The number of hydrogen-bond donors (Lipinski definition) is 1. The van der Waals surface area contributed by atoms with Gasteiger partial charge >= 0.3 is 0 Å². The number of hydrogen-bond acceptors (Lipinski definition) is 3. The Labute approximate surface area is 83.0 Å². The maximum absolute atomic E-state index is 12.0. The molecule has 0 unspecified atom stereocenters. The minimum atomic E-state index is 0.131. The van der Waals surface area contributed by atoms with Gasteiger partial charge in [0.2, 0.25) is 0 Å². The molecule has 2 heterocycles. The largest absolute Gasteiger partial charge is 0.311 e. The van der Waals surface area contributed by atoms with Crippen LogP contribution in [-0.2, 0) is 13.0 Å². The molecule has 0 atom stereocenters. The van der Waals surface area contributed by atoms with Crippen LogP contribution < -0.4 is 10.9 Å². The molecule has 1 aliphatic rings. The van der Waals surface area contributed by atoms with Crippen LogP contribution in [0.4, 0.5) is 0 Å². The lowest BCUT2D eigenvalue weighted by Crippen LogP contribution is -2.34. The summed E-state index contributed by atoms with van der Waals surface area (Å²) < 4.78 is 1.70. The van der Waals surface area contributed by atoms with E-state index in [1.807, 2.05) is 13.8 Å². The molecule has 0 amide bonds. The molecular formula is C10H15N3O. The molecule has 0 saturated heterocycles. The fourth-order valence-corrected chi connectivity index (χ4v) is 1.73. The fraction of sp³-hybridized carbons (Fsp3) is 0.600. The van der Waals surface area contributed by atoms with Gasteiger partial charge in [-0.3, -0.25) is 9.36 Å². The highest BCUT2D eigenvalue weighted by atomic mass is 16.1. The molecule has 1 aromatic rings. The second kappa shape index (κ2) is 3.53. The SMILES string of the molecule is CC(C)n1cnc2c(c1=O)CCNC2. The number of rotatable bonds is 1. The highest BCUT2D eigenvalue weighted by molar-refractivity contribution is 5.19. The van der Waals surface area contributed by atoms with Crippen molar-refractivity contribution in [2.24, 2.45) is 0 Å². The second-order valence-corrected chi connectivity index (χ2v) is 3.90. The standard InChI is InChI=1S/C10H15N3O/c1-7(2)13-6-12-9-5-11-4-3-8(9)10(13)14/h6-7,11H,3-5H2,1-2H3. The van der Waals surface area contributed by atoms with Gasteiger partial charge in [-0.25, -0.2) is 4.98 Å². The summed E-state index contributed by atoms with van der Waals surface area (Å²) in [6.07, 6.45) is 2.45. The van der Waals surface area contributed by atoms with Gasteiger partial charge in [-0.1, -0.05) is 0 Å². The first-order valence-corrected chi connectivity index (χ1v) is 4.99. The lowest BCUT2D eigenvalue weighted by Gasteiger charge is -2.18. The van der Waals surface area contributed by atoms with Gasteiger partial charge in [0.25, 0.3) is 5.56 Å². The Morgan fingerprint density at radius 3 is 3.07 bits per heavy atom. The molecule has 0 fully saturated rings. The van der Waals surface area contributed by atoms with Crippen molar-refractivity contribution in [1.82, 2.24) is 14.9 Å². The van der Waals surface area contributed by atoms with E-state index >= 15 is 0 Å². The Morgan fingerprint density at radius 1 is 1.57 bits per heavy atom. The number of nitrogens with one attached hydrogen (secondary N) is 1. The first-order valence-electron chi connectivity index (χ1n) is 4.99. The highest BCUT2D eigenvalue weighted by Crippen LogP contribution is 2.07. The molecule has 0 bridgehead atoms. The van der Waals surface area contributed by atoms with Crippen LogP contribution in [0.2, 0.25) is 0 Å². The van der Waals surface area contributed by atoms with Crippen LogP contribution in [0.3, 0.4) is 0 Å². The van der Waals surface area contributed by atoms with Crippen molar-refractivity contribution >= 4 is 0 Å². The summed E-state index contributed by atoms with van der Waals surface area (Å²) in [7, 11) is 0. The van der Waals surface area contributed by atoms with E-state index in [1.165, 1.54) is 0 Å². The fourth-order valence-electron chi connectivity index (χ4n) is 1.73. The Kier molecular flexibility index (Phi) is 2.37. The average molecular weight is 193 g/mol. The maximum Gasteiger partial charge on any atom is 0.257 e. The van der Waals surface area contributed by atoms with E-state index in [9.17, 15) is 4.79 Å². The Morgan fingerprint density at radius 2 is 2.36 bits per heavy atom. The average Bonchev–Trinajstić information content (AvgIpc) is 2.18. The third kappa shape index (κ3) is 1.46. The predicted octanol–water partition coefficient (Wildman–Crippen LogP) is 0.470. The van der Waals surface area contributed by atoms with Crippen molar-refractivity contribution in [2.45, 2.75) is 32.9 Å². The van der Waals surface area contributed by atoms with Crippen LogP contribution in [0.15, 0.2) is 11.1 Å². The summed E-state index contributed by atoms with van der Waals surface area (Å²) in [6.45, 7) is 5.60. The van der Waals surface area contributed by atoms with Crippen LogP contribution in [0.5, 0.6) is 0 Å². The van der Waals surface area contributed by atoms with Gasteiger partial charge in [-0.15, -0.1) is 0 Å². The first-order chi connectivity index (χ1) is 6.70. The molecule has 14 heavy (non-hydrogen) atoms. The van der Waals surface area contributed by atoms with Gasteiger partial charge in [0, 0.05) is 18.2 Å². The van der Waals surface area contributed by atoms with Crippen LogP contribution in [-0.4, -0.2) is 16.1 Å². The third-order valence-electron chi connectivity index (χ3n) is 2.58. The molecule has 0 aromatic carbocycles. The maximum atomic E-state index is 12.0. The minimum absolute atomic E-state index is 0.131. The van der Waals surface area contributed by atoms with Crippen LogP contribution in [0, 0.1) is 0 Å².